The van der Waals surface area contributed by atoms with Gasteiger partial charge in [-0.05, 0) is 40.0 Å². The molecule has 7 nitrogen and oxygen atoms in total. The molecule has 162 valence electrons. The van der Waals surface area contributed by atoms with Gasteiger partial charge < -0.3 is 20.1 Å². The molecular weight excluding hydrogens is 484 g/mol. The fourth-order valence-electron chi connectivity index (χ4n) is 3.07. The van der Waals surface area contributed by atoms with E-state index < -0.39 is 5.97 Å². The highest BCUT2D eigenvalue weighted by Crippen LogP contribution is 2.44. The van der Waals surface area contributed by atoms with E-state index in [1.54, 1.807) is 12.1 Å². The lowest BCUT2D eigenvalue weighted by Gasteiger charge is -2.12. The minimum Gasteiger partial charge on any atom is -0.481 e. The highest BCUT2D eigenvalue weighted by molar-refractivity contribution is 9.10. The Hall–Kier alpha value is -2.91. The standard InChI is InChI=1S/C22H21BrN2O5S/c1-4-13-7-5-6-8-16(13)25-17(27)11-30-19-15(23)10-9-14-18(22(28)29-3)21(24-12(2)26)31-20(14)19/h5-10H,4,11H2,1-3H3,(H,24,26)(H,25,27). The maximum Gasteiger partial charge on any atom is 0.341 e. The van der Waals surface area contributed by atoms with Crippen LogP contribution in [0.25, 0.3) is 10.1 Å². The number of carbonyl (C=O) groups excluding carboxylic acids is 3. The zero-order valence-electron chi connectivity index (χ0n) is 17.2. The Bertz CT molecular complexity index is 1160. The molecule has 0 aliphatic rings. The number of ether oxygens (including phenoxy) is 2. The number of nitrogens with one attached hydrogen (secondary N) is 2. The molecule has 2 aromatic carbocycles. The average Bonchev–Trinajstić information content (AvgIpc) is 3.10. The zero-order chi connectivity index (χ0) is 22.5. The summed E-state index contributed by atoms with van der Waals surface area (Å²) in [6, 6.07) is 11.0. The maximum atomic E-state index is 12.5. The van der Waals surface area contributed by atoms with E-state index in [9.17, 15) is 14.4 Å². The van der Waals surface area contributed by atoms with Crippen molar-refractivity contribution in [2.45, 2.75) is 20.3 Å². The number of amides is 2. The van der Waals surface area contributed by atoms with E-state index in [0.29, 0.717) is 25.3 Å². The second-order valence-electron chi connectivity index (χ2n) is 6.58. The summed E-state index contributed by atoms with van der Waals surface area (Å²) < 4.78 is 11.9. The molecule has 31 heavy (non-hydrogen) atoms. The van der Waals surface area contributed by atoms with Crippen LogP contribution in [0.5, 0.6) is 5.75 Å². The minimum atomic E-state index is -0.572. The molecule has 0 atom stereocenters. The molecule has 1 aromatic heterocycles. The predicted molar refractivity (Wildman–Crippen MR) is 125 cm³/mol. The number of para-hydroxylation sites is 1. The Kier molecular flexibility index (Phi) is 7.29. The highest BCUT2D eigenvalue weighted by Gasteiger charge is 2.24. The number of anilines is 2. The monoisotopic (exact) mass is 504 g/mol. The molecule has 0 spiro atoms. The van der Waals surface area contributed by atoms with Crippen LogP contribution in [0.15, 0.2) is 40.9 Å². The number of rotatable bonds is 7. The quantitative estimate of drug-likeness (QED) is 0.442. The van der Waals surface area contributed by atoms with Gasteiger partial charge in [0.05, 0.1) is 16.3 Å². The lowest BCUT2D eigenvalue weighted by Crippen LogP contribution is -2.21. The Morgan fingerprint density at radius 3 is 2.52 bits per heavy atom. The summed E-state index contributed by atoms with van der Waals surface area (Å²) >= 11 is 4.62. The fourth-order valence-corrected chi connectivity index (χ4v) is 4.89. The summed E-state index contributed by atoms with van der Waals surface area (Å²) in [6.45, 7) is 3.15. The number of fused-ring (bicyclic) bond motifs is 1. The van der Waals surface area contributed by atoms with Crippen LogP contribution in [0.4, 0.5) is 10.7 Å². The first-order chi connectivity index (χ1) is 14.8. The van der Waals surface area contributed by atoms with Crippen LogP contribution < -0.4 is 15.4 Å². The third-order valence-electron chi connectivity index (χ3n) is 4.46. The molecule has 0 bridgehead atoms. The average molecular weight is 505 g/mol. The summed E-state index contributed by atoms with van der Waals surface area (Å²) in [4.78, 5) is 36.4. The van der Waals surface area contributed by atoms with Gasteiger partial charge in [0.1, 0.15) is 10.6 Å². The van der Waals surface area contributed by atoms with Crippen LogP contribution in [0, 0.1) is 0 Å². The molecule has 0 aliphatic carbocycles. The molecule has 2 amide bonds. The van der Waals surface area contributed by atoms with E-state index in [1.165, 1.54) is 25.4 Å². The molecule has 3 rings (SSSR count). The van der Waals surface area contributed by atoms with Gasteiger partial charge in [0, 0.05) is 18.0 Å². The number of esters is 1. The molecule has 0 aliphatic heterocycles. The maximum absolute atomic E-state index is 12.5. The topological polar surface area (TPSA) is 93.7 Å². The van der Waals surface area contributed by atoms with Crippen molar-refractivity contribution in [3.8, 4) is 5.75 Å². The number of hydrogen-bond donors (Lipinski definition) is 2. The van der Waals surface area contributed by atoms with Crippen LogP contribution >= 0.6 is 27.3 Å². The fraction of sp³-hybridized carbons (Fsp3) is 0.227. The van der Waals surface area contributed by atoms with Gasteiger partial charge in [-0.25, -0.2) is 4.79 Å². The molecule has 3 aromatic rings. The number of hydrogen-bond acceptors (Lipinski definition) is 6. The van der Waals surface area contributed by atoms with Crippen molar-refractivity contribution >= 4 is 65.8 Å². The molecule has 2 N–H and O–H groups in total. The first-order valence-corrected chi connectivity index (χ1v) is 11.1. The van der Waals surface area contributed by atoms with Crippen molar-refractivity contribution in [1.82, 2.24) is 0 Å². The normalized spacial score (nSPS) is 10.6. The van der Waals surface area contributed by atoms with Gasteiger partial charge in [0.2, 0.25) is 5.91 Å². The smallest absolute Gasteiger partial charge is 0.341 e. The molecular formula is C22H21BrN2O5S. The Balaban J connectivity index is 1.90. The number of thiophene rings is 1. The van der Waals surface area contributed by atoms with Gasteiger partial charge in [-0.3, -0.25) is 9.59 Å². The molecule has 0 saturated heterocycles. The van der Waals surface area contributed by atoms with Crippen molar-refractivity contribution < 1.29 is 23.9 Å². The predicted octanol–water partition coefficient (Wildman–Crippen LogP) is 4.99. The second-order valence-corrected chi connectivity index (χ2v) is 8.45. The summed E-state index contributed by atoms with van der Waals surface area (Å²) in [5.74, 6) is -0.788. The number of benzene rings is 2. The van der Waals surface area contributed by atoms with Crippen molar-refractivity contribution in [3.05, 3.63) is 52.0 Å². The van der Waals surface area contributed by atoms with Crippen LogP contribution in [0.3, 0.4) is 0 Å². The molecule has 0 fully saturated rings. The summed E-state index contributed by atoms with van der Waals surface area (Å²) in [5.41, 5.74) is 2.02. The van der Waals surface area contributed by atoms with Crippen LogP contribution in [-0.2, 0) is 20.7 Å². The third kappa shape index (κ3) is 5.05. The van der Waals surface area contributed by atoms with Gasteiger partial charge in [-0.1, -0.05) is 31.2 Å². The van der Waals surface area contributed by atoms with Crippen LogP contribution in [0.1, 0.15) is 29.8 Å². The number of halogens is 1. The summed E-state index contributed by atoms with van der Waals surface area (Å²) in [6.07, 6.45) is 0.791. The van der Waals surface area contributed by atoms with Crippen molar-refractivity contribution in [2.24, 2.45) is 0 Å². The lowest BCUT2D eigenvalue weighted by molar-refractivity contribution is -0.118. The SMILES string of the molecule is CCc1ccccc1NC(=O)COc1c(Br)ccc2c(C(=O)OC)c(NC(C)=O)sc12. The number of aryl methyl sites for hydroxylation is 1. The van der Waals surface area contributed by atoms with Crippen molar-refractivity contribution in [2.75, 3.05) is 24.4 Å². The van der Waals surface area contributed by atoms with E-state index in [4.69, 9.17) is 9.47 Å². The first kappa shape index (κ1) is 22.8. The lowest BCUT2D eigenvalue weighted by atomic mass is 10.1. The van der Waals surface area contributed by atoms with Gasteiger partial charge in [-0.15, -0.1) is 11.3 Å². The van der Waals surface area contributed by atoms with Crippen molar-refractivity contribution in [3.63, 3.8) is 0 Å². The zero-order valence-corrected chi connectivity index (χ0v) is 19.6. The molecule has 0 saturated carbocycles. The van der Waals surface area contributed by atoms with E-state index in [0.717, 1.165) is 17.7 Å². The van der Waals surface area contributed by atoms with E-state index >= 15 is 0 Å². The summed E-state index contributed by atoms with van der Waals surface area (Å²) in [5, 5.41) is 6.45. The van der Waals surface area contributed by atoms with Gasteiger partial charge in [0.25, 0.3) is 5.91 Å². The number of carbonyl (C=O) groups is 3. The second kappa shape index (κ2) is 9.93. The van der Waals surface area contributed by atoms with Gasteiger partial charge >= 0.3 is 5.97 Å². The van der Waals surface area contributed by atoms with E-state index in [1.807, 2.05) is 31.2 Å². The van der Waals surface area contributed by atoms with E-state index in [-0.39, 0.29) is 24.0 Å². The third-order valence-corrected chi connectivity index (χ3v) is 6.21. The Morgan fingerprint density at radius 2 is 1.84 bits per heavy atom. The Labute approximate surface area is 191 Å². The van der Waals surface area contributed by atoms with Crippen LogP contribution in [-0.4, -0.2) is 31.5 Å². The molecule has 0 unspecified atom stereocenters. The van der Waals surface area contributed by atoms with E-state index in [2.05, 4.69) is 26.6 Å². The summed E-state index contributed by atoms with van der Waals surface area (Å²) in [7, 11) is 1.28. The molecule has 9 heteroatoms. The van der Waals surface area contributed by atoms with Gasteiger partial charge in [0.15, 0.2) is 12.4 Å². The number of methoxy groups -OCH3 is 1. The first-order valence-electron chi connectivity index (χ1n) is 9.47. The Morgan fingerprint density at radius 1 is 1.10 bits per heavy atom. The van der Waals surface area contributed by atoms with Crippen molar-refractivity contribution in [1.29, 1.82) is 0 Å². The molecule has 1 heterocycles. The molecule has 0 radical (unpaired) electrons. The van der Waals surface area contributed by atoms with Crippen LogP contribution in [0.2, 0.25) is 0 Å². The largest absolute Gasteiger partial charge is 0.481 e. The van der Waals surface area contributed by atoms with Gasteiger partial charge in [-0.2, -0.15) is 0 Å². The highest BCUT2D eigenvalue weighted by atomic mass is 79.9. The minimum absolute atomic E-state index is 0.226.